The van der Waals surface area contributed by atoms with E-state index in [1.807, 2.05) is 12.1 Å². The van der Waals surface area contributed by atoms with Gasteiger partial charge in [-0.1, -0.05) is 97.1 Å². The number of nitrogens with zero attached hydrogens (tertiary/aromatic N) is 2. The van der Waals surface area contributed by atoms with Gasteiger partial charge in [0.1, 0.15) is 5.75 Å². The molecule has 0 aliphatic rings. The fraction of sp³-hybridized carbons (Fsp3) is 0.0476. The summed E-state index contributed by atoms with van der Waals surface area (Å²) in [4.78, 5) is 4.52. The second-order valence-corrected chi connectivity index (χ2v) is 11.1. The summed E-state index contributed by atoms with van der Waals surface area (Å²) in [5, 5.41) is 2.45. The zero-order chi connectivity index (χ0) is 30.6. The first kappa shape index (κ1) is 28.0. The normalized spacial score (nSPS) is 10.9. The second kappa shape index (κ2) is 12.4. The van der Waals surface area contributed by atoms with Crippen molar-refractivity contribution < 1.29 is 4.74 Å². The minimum absolute atomic E-state index is 0.856. The van der Waals surface area contributed by atoms with E-state index in [0.717, 1.165) is 34.2 Å². The molecule has 0 aliphatic carbocycles. The molecule has 0 unspecified atom stereocenters. The Balaban J connectivity index is 1.21. The lowest BCUT2D eigenvalue weighted by molar-refractivity contribution is 0.415. The zero-order valence-corrected chi connectivity index (χ0v) is 25.5. The number of benzene rings is 7. The van der Waals surface area contributed by atoms with Gasteiger partial charge in [0.15, 0.2) is 0 Å². The van der Waals surface area contributed by atoms with Crippen molar-refractivity contribution in [2.45, 2.75) is 0 Å². The molecule has 0 fully saturated rings. The van der Waals surface area contributed by atoms with Crippen molar-refractivity contribution in [1.29, 1.82) is 0 Å². The lowest BCUT2D eigenvalue weighted by Gasteiger charge is -2.26. The molecule has 0 heterocycles. The van der Waals surface area contributed by atoms with Gasteiger partial charge in [-0.3, -0.25) is 0 Å². The van der Waals surface area contributed by atoms with Crippen LogP contribution in [0.25, 0.3) is 33.0 Å². The molecule has 0 radical (unpaired) electrons. The number of fused-ring (bicyclic) bond motifs is 1. The predicted molar refractivity (Wildman–Crippen MR) is 191 cm³/mol. The highest BCUT2D eigenvalue weighted by molar-refractivity contribution is 5.90. The molecule has 3 heteroatoms. The first-order chi connectivity index (χ1) is 22.2. The molecule has 0 saturated heterocycles. The Morgan fingerprint density at radius 2 is 0.889 bits per heavy atom. The Morgan fingerprint density at radius 1 is 0.378 bits per heavy atom. The van der Waals surface area contributed by atoms with E-state index in [4.69, 9.17) is 4.74 Å². The largest absolute Gasteiger partial charge is 0.497 e. The van der Waals surface area contributed by atoms with Crippen molar-refractivity contribution in [3.8, 4) is 28.0 Å². The number of hydrogen-bond acceptors (Lipinski definition) is 3. The second-order valence-electron chi connectivity index (χ2n) is 11.1. The third-order valence-electron chi connectivity index (χ3n) is 8.38. The van der Waals surface area contributed by atoms with Crippen LogP contribution in [0, 0.1) is 0 Å². The van der Waals surface area contributed by atoms with Gasteiger partial charge in [0.05, 0.1) is 7.11 Å². The summed E-state index contributed by atoms with van der Waals surface area (Å²) in [6.07, 6.45) is 0. The Labute approximate surface area is 265 Å². The van der Waals surface area contributed by atoms with Crippen LogP contribution in [0.4, 0.5) is 28.4 Å². The van der Waals surface area contributed by atoms with Gasteiger partial charge >= 0.3 is 0 Å². The van der Waals surface area contributed by atoms with Crippen molar-refractivity contribution in [3.63, 3.8) is 0 Å². The van der Waals surface area contributed by atoms with E-state index in [9.17, 15) is 0 Å². The van der Waals surface area contributed by atoms with Crippen LogP contribution in [-0.4, -0.2) is 14.2 Å². The smallest absolute Gasteiger partial charge is 0.119 e. The molecule has 0 atom stereocenters. The van der Waals surface area contributed by atoms with Crippen LogP contribution in [0.5, 0.6) is 5.75 Å². The molecular formula is C42H34N2O. The first-order valence-electron chi connectivity index (χ1n) is 15.2. The van der Waals surface area contributed by atoms with E-state index < -0.39 is 0 Å². The predicted octanol–water partition coefficient (Wildman–Crippen LogP) is 11.4. The molecule has 45 heavy (non-hydrogen) atoms. The number of ether oxygens (including phenoxy) is 1. The Morgan fingerprint density at radius 3 is 1.56 bits per heavy atom. The standard InChI is InChI=1S/C42H34N2O/c1-43(38-25-27-42(45-2)28-26-38)37-20-15-33(16-21-37)34-17-22-39(23-18-34)44(41-24-19-32-11-6-7-12-35(32)30-41)40-14-8-13-36(29-40)31-9-4-3-5-10-31/h3-30H,1-2H3. The third-order valence-corrected chi connectivity index (χ3v) is 8.38. The molecule has 0 saturated carbocycles. The highest BCUT2D eigenvalue weighted by Gasteiger charge is 2.15. The third kappa shape index (κ3) is 5.89. The van der Waals surface area contributed by atoms with Gasteiger partial charge in [0, 0.05) is 35.5 Å². The van der Waals surface area contributed by atoms with Gasteiger partial charge in [-0.05, 0) is 106 Å². The fourth-order valence-corrected chi connectivity index (χ4v) is 5.85. The van der Waals surface area contributed by atoms with Crippen molar-refractivity contribution >= 4 is 39.2 Å². The maximum absolute atomic E-state index is 5.31. The molecule has 7 aromatic carbocycles. The van der Waals surface area contributed by atoms with Crippen LogP contribution >= 0.6 is 0 Å². The lowest BCUT2D eigenvalue weighted by Crippen LogP contribution is -2.10. The van der Waals surface area contributed by atoms with Crippen LogP contribution in [0.15, 0.2) is 170 Å². The molecule has 0 N–H and O–H groups in total. The molecule has 0 aromatic heterocycles. The van der Waals surface area contributed by atoms with E-state index in [2.05, 4.69) is 175 Å². The number of methoxy groups -OCH3 is 1. The Kier molecular flexibility index (Phi) is 7.74. The average molecular weight is 583 g/mol. The van der Waals surface area contributed by atoms with E-state index in [0.29, 0.717) is 0 Å². The summed E-state index contributed by atoms with van der Waals surface area (Å²) in [7, 11) is 3.77. The maximum Gasteiger partial charge on any atom is 0.119 e. The highest BCUT2D eigenvalue weighted by Crippen LogP contribution is 2.39. The summed E-state index contributed by atoms with van der Waals surface area (Å²) in [6.45, 7) is 0. The van der Waals surface area contributed by atoms with E-state index in [1.165, 1.54) is 33.0 Å². The number of anilines is 5. The molecule has 7 aromatic rings. The fourth-order valence-electron chi connectivity index (χ4n) is 5.85. The maximum atomic E-state index is 5.31. The first-order valence-corrected chi connectivity index (χ1v) is 15.2. The number of hydrogen-bond donors (Lipinski definition) is 0. The molecule has 0 aliphatic heterocycles. The van der Waals surface area contributed by atoms with Gasteiger partial charge < -0.3 is 14.5 Å². The zero-order valence-electron chi connectivity index (χ0n) is 25.5. The summed E-state index contributed by atoms with van der Waals surface area (Å²) >= 11 is 0. The summed E-state index contributed by atoms with van der Waals surface area (Å²) < 4.78 is 5.31. The average Bonchev–Trinajstić information content (AvgIpc) is 3.12. The Hall–Kier alpha value is -5.80. The molecule has 0 amide bonds. The molecule has 7 rings (SSSR count). The van der Waals surface area contributed by atoms with Crippen molar-refractivity contribution in [3.05, 3.63) is 170 Å². The molecule has 0 spiro atoms. The topological polar surface area (TPSA) is 15.7 Å². The summed E-state index contributed by atoms with van der Waals surface area (Å²) in [6, 6.07) is 60.3. The van der Waals surface area contributed by atoms with Crippen LogP contribution < -0.4 is 14.5 Å². The summed E-state index contributed by atoms with van der Waals surface area (Å²) in [5.74, 6) is 0.856. The van der Waals surface area contributed by atoms with Crippen LogP contribution in [-0.2, 0) is 0 Å². The van der Waals surface area contributed by atoms with E-state index in [-0.39, 0.29) is 0 Å². The minimum atomic E-state index is 0.856. The number of rotatable bonds is 8. The van der Waals surface area contributed by atoms with Crippen molar-refractivity contribution in [2.24, 2.45) is 0 Å². The van der Waals surface area contributed by atoms with Gasteiger partial charge in [0.2, 0.25) is 0 Å². The van der Waals surface area contributed by atoms with E-state index in [1.54, 1.807) is 7.11 Å². The van der Waals surface area contributed by atoms with Gasteiger partial charge in [-0.2, -0.15) is 0 Å². The van der Waals surface area contributed by atoms with Crippen LogP contribution in [0.2, 0.25) is 0 Å². The minimum Gasteiger partial charge on any atom is -0.497 e. The van der Waals surface area contributed by atoms with Gasteiger partial charge in [0.25, 0.3) is 0 Å². The molecular weight excluding hydrogens is 548 g/mol. The van der Waals surface area contributed by atoms with Gasteiger partial charge in [-0.15, -0.1) is 0 Å². The Bertz CT molecular complexity index is 2030. The summed E-state index contributed by atoms with van der Waals surface area (Å²) in [5.41, 5.74) is 10.3. The molecule has 0 bridgehead atoms. The van der Waals surface area contributed by atoms with Gasteiger partial charge in [-0.25, -0.2) is 0 Å². The van der Waals surface area contributed by atoms with Crippen molar-refractivity contribution in [2.75, 3.05) is 24.0 Å². The van der Waals surface area contributed by atoms with Crippen LogP contribution in [0.1, 0.15) is 0 Å². The van der Waals surface area contributed by atoms with Crippen LogP contribution in [0.3, 0.4) is 0 Å². The lowest BCUT2D eigenvalue weighted by atomic mass is 10.0. The monoisotopic (exact) mass is 582 g/mol. The van der Waals surface area contributed by atoms with Crippen molar-refractivity contribution in [1.82, 2.24) is 0 Å². The quantitative estimate of drug-likeness (QED) is 0.177. The van der Waals surface area contributed by atoms with E-state index >= 15 is 0 Å². The molecule has 3 nitrogen and oxygen atoms in total. The highest BCUT2D eigenvalue weighted by atomic mass is 16.5. The molecule has 218 valence electrons. The SMILES string of the molecule is COc1ccc(N(C)c2ccc(-c3ccc(N(c4cccc(-c5ccccc5)c4)c4ccc5ccccc5c4)cc3)cc2)cc1.